The van der Waals surface area contributed by atoms with Crippen molar-refractivity contribution >= 4 is 11.9 Å². The van der Waals surface area contributed by atoms with Crippen LogP contribution in [0.5, 0.6) is 0 Å². The Balaban J connectivity index is 2.58. The van der Waals surface area contributed by atoms with E-state index in [1.54, 1.807) is 0 Å². The van der Waals surface area contributed by atoms with Gasteiger partial charge in [0.05, 0.1) is 5.84 Å². The highest BCUT2D eigenvalue weighted by Crippen LogP contribution is 2.30. The predicted molar refractivity (Wildman–Crippen MR) is 69.1 cm³/mol. The zero-order chi connectivity index (χ0) is 13.1. The van der Waals surface area contributed by atoms with Crippen LogP contribution in [0.25, 0.3) is 0 Å². The van der Waals surface area contributed by atoms with Crippen molar-refractivity contribution in [1.29, 1.82) is 5.41 Å². The second kappa shape index (κ2) is 5.38. The summed E-state index contributed by atoms with van der Waals surface area (Å²) in [6, 6.07) is 0.112. The molecule has 0 spiro atoms. The minimum atomic E-state index is -0.222. The molecule has 1 aliphatic rings. The molecular formula is C12H24N4O. The number of likely N-dealkylation sites (tertiary alicyclic amines) is 1. The molecule has 1 rings (SSSR count). The van der Waals surface area contributed by atoms with E-state index < -0.39 is 0 Å². The van der Waals surface area contributed by atoms with Gasteiger partial charge in [0.1, 0.15) is 0 Å². The molecule has 1 fully saturated rings. The largest absolute Gasteiger partial charge is 0.387 e. The Morgan fingerprint density at radius 3 is 2.18 bits per heavy atom. The zero-order valence-corrected chi connectivity index (χ0v) is 11.1. The normalized spacial score (nSPS) is 18.9. The number of amides is 2. The fourth-order valence-corrected chi connectivity index (χ4v) is 2.15. The Morgan fingerprint density at radius 2 is 1.82 bits per heavy atom. The van der Waals surface area contributed by atoms with E-state index in [0.29, 0.717) is 13.1 Å². The van der Waals surface area contributed by atoms with Crippen LogP contribution in [0.1, 0.15) is 33.6 Å². The lowest BCUT2D eigenvalue weighted by molar-refractivity contribution is 0.128. The fourth-order valence-electron chi connectivity index (χ4n) is 2.15. The van der Waals surface area contributed by atoms with Gasteiger partial charge in [-0.2, -0.15) is 0 Å². The van der Waals surface area contributed by atoms with Gasteiger partial charge in [-0.1, -0.05) is 6.92 Å². The van der Waals surface area contributed by atoms with Crippen LogP contribution in [0.15, 0.2) is 0 Å². The van der Waals surface area contributed by atoms with Gasteiger partial charge in [0.15, 0.2) is 0 Å². The molecule has 0 aromatic heterocycles. The average Bonchev–Trinajstić information content (AvgIpc) is 2.31. The Labute approximate surface area is 103 Å². The van der Waals surface area contributed by atoms with Crippen molar-refractivity contribution < 1.29 is 4.79 Å². The van der Waals surface area contributed by atoms with Crippen molar-refractivity contribution in [2.45, 2.75) is 33.6 Å². The van der Waals surface area contributed by atoms with Gasteiger partial charge in [0.2, 0.25) is 0 Å². The highest BCUT2D eigenvalue weighted by molar-refractivity contribution is 5.83. The molecule has 1 heterocycles. The van der Waals surface area contributed by atoms with E-state index in [2.05, 4.69) is 0 Å². The quantitative estimate of drug-likeness (QED) is 0.579. The lowest BCUT2D eigenvalue weighted by Gasteiger charge is -2.40. The summed E-state index contributed by atoms with van der Waals surface area (Å²) < 4.78 is 0. The van der Waals surface area contributed by atoms with Crippen molar-refractivity contribution in [3.63, 3.8) is 0 Å². The van der Waals surface area contributed by atoms with Gasteiger partial charge in [-0.25, -0.2) is 4.79 Å². The number of piperidine rings is 1. The van der Waals surface area contributed by atoms with E-state index in [1.165, 1.54) is 0 Å². The molecule has 2 amide bonds. The maximum Gasteiger partial charge on any atom is 0.319 e. The summed E-state index contributed by atoms with van der Waals surface area (Å²) >= 11 is 0. The Hall–Kier alpha value is -1.26. The molecule has 0 aromatic rings. The van der Waals surface area contributed by atoms with Crippen molar-refractivity contribution in [3.05, 3.63) is 0 Å². The van der Waals surface area contributed by atoms with Crippen LogP contribution in [0.3, 0.4) is 0 Å². The number of rotatable bonds is 3. The molecule has 0 aromatic carbocycles. The first-order valence-corrected chi connectivity index (χ1v) is 6.33. The Bertz CT molecular complexity index is 291. The van der Waals surface area contributed by atoms with Gasteiger partial charge >= 0.3 is 6.03 Å². The van der Waals surface area contributed by atoms with Crippen LogP contribution in [-0.2, 0) is 0 Å². The molecular weight excluding hydrogens is 216 g/mol. The minimum Gasteiger partial charge on any atom is -0.387 e. The van der Waals surface area contributed by atoms with E-state index in [9.17, 15) is 4.79 Å². The van der Waals surface area contributed by atoms with Gasteiger partial charge in [0, 0.05) is 31.6 Å². The maximum absolute atomic E-state index is 12.1. The third kappa shape index (κ3) is 2.90. The molecule has 1 saturated heterocycles. The number of nitrogens with one attached hydrogen (secondary N) is 1. The molecule has 1 aliphatic heterocycles. The van der Waals surface area contributed by atoms with Crippen molar-refractivity contribution in [2.75, 3.05) is 26.2 Å². The molecule has 17 heavy (non-hydrogen) atoms. The average molecular weight is 240 g/mol. The van der Waals surface area contributed by atoms with Crippen LogP contribution in [-0.4, -0.2) is 47.8 Å². The number of carbonyl (C=O) groups is 1. The van der Waals surface area contributed by atoms with E-state index in [4.69, 9.17) is 11.1 Å². The molecule has 98 valence electrons. The van der Waals surface area contributed by atoms with E-state index in [1.807, 2.05) is 30.6 Å². The van der Waals surface area contributed by atoms with Gasteiger partial charge in [-0.15, -0.1) is 0 Å². The van der Waals surface area contributed by atoms with Gasteiger partial charge in [0.25, 0.3) is 0 Å². The number of hydrogen-bond acceptors (Lipinski definition) is 2. The zero-order valence-electron chi connectivity index (χ0n) is 11.1. The summed E-state index contributed by atoms with van der Waals surface area (Å²) in [7, 11) is 0. The standard InChI is InChI=1S/C12H24N4O/c1-4-15(5-2)11(17)16-8-6-12(3,7-9-16)10(13)14/h4-9H2,1-3H3,(H3,13,14). The third-order valence-electron chi connectivity index (χ3n) is 3.82. The van der Waals surface area contributed by atoms with Crippen LogP contribution in [0.2, 0.25) is 0 Å². The first-order chi connectivity index (χ1) is 7.94. The molecule has 0 bridgehead atoms. The van der Waals surface area contributed by atoms with Crippen LogP contribution < -0.4 is 5.73 Å². The second-order valence-corrected chi connectivity index (χ2v) is 4.92. The SMILES string of the molecule is CCN(CC)C(=O)N1CCC(C)(C(=N)N)CC1. The number of urea groups is 1. The Kier molecular flexibility index (Phi) is 4.37. The fraction of sp³-hybridized carbons (Fsp3) is 0.833. The van der Waals surface area contributed by atoms with E-state index in [-0.39, 0.29) is 17.3 Å². The topological polar surface area (TPSA) is 73.4 Å². The number of amidine groups is 1. The molecule has 3 N–H and O–H groups in total. The lowest BCUT2D eigenvalue weighted by atomic mass is 9.79. The monoisotopic (exact) mass is 240 g/mol. The molecule has 0 radical (unpaired) electrons. The van der Waals surface area contributed by atoms with Gasteiger partial charge < -0.3 is 15.5 Å². The molecule has 0 unspecified atom stereocenters. The lowest BCUT2D eigenvalue weighted by Crippen LogP contribution is -2.51. The number of hydrogen-bond donors (Lipinski definition) is 2. The minimum absolute atomic E-state index is 0.112. The first-order valence-electron chi connectivity index (χ1n) is 6.33. The van der Waals surface area contributed by atoms with E-state index >= 15 is 0 Å². The highest BCUT2D eigenvalue weighted by Gasteiger charge is 2.35. The molecule has 0 saturated carbocycles. The third-order valence-corrected chi connectivity index (χ3v) is 3.82. The summed E-state index contributed by atoms with van der Waals surface area (Å²) in [6.07, 6.45) is 1.57. The van der Waals surface area contributed by atoms with Crippen LogP contribution >= 0.6 is 0 Å². The van der Waals surface area contributed by atoms with Gasteiger partial charge in [-0.3, -0.25) is 5.41 Å². The number of nitrogens with two attached hydrogens (primary N) is 1. The summed E-state index contributed by atoms with van der Waals surface area (Å²) in [5.74, 6) is 0.243. The second-order valence-electron chi connectivity index (χ2n) is 4.92. The molecule has 5 nitrogen and oxygen atoms in total. The van der Waals surface area contributed by atoms with Crippen molar-refractivity contribution in [2.24, 2.45) is 11.1 Å². The first kappa shape index (κ1) is 13.8. The smallest absolute Gasteiger partial charge is 0.319 e. The molecule has 0 atom stereocenters. The maximum atomic E-state index is 12.1. The summed E-state index contributed by atoms with van der Waals surface area (Å²) in [4.78, 5) is 15.8. The van der Waals surface area contributed by atoms with Crippen LogP contribution in [0.4, 0.5) is 4.79 Å². The van der Waals surface area contributed by atoms with Crippen LogP contribution in [0, 0.1) is 10.8 Å². The number of carbonyl (C=O) groups excluding carboxylic acids is 1. The van der Waals surface area contributed by atoms with E-state index in [0.717, 1.165) is 25.9 Å². The summed E-state index contributed by atoms with van der Waals surface area (Å²) in [5, 5.41) is 7.58. The van der Waals surface area contributed by atoms with Crippen molar-refractivity contribution in [3.8, 4) is 0 Å². The molecule has 0 aliphatic carbocycles. The van der Waals surface area contributed by atoms with Crippen molar-refractivity contribution in [1.82, 2.24) is 9.80 Å². The summed E-state index contributed by atoms with van der Waals surface area (Å²) in [6.45, 7) is 8.88. The predicted octanol–water partition coefficient (Wildman–Crippen LogP) is 1.49. The van der Waals surface area contributed by atoms with Gasteiger partial charge in [-0.05, 0) is 26.7 Å². The highest BCUT2D eigenvalue weighted by atomic mass is 16.2. The summed E-state index contributed by atoms with van der Waals surface area (Å²) in [5.41, 5.74) is 5.38. The molecule has 5 heteroatoms. The number of nitrogens with zero attached hydrogens (tertiary/aromatic N) is 2. The Morgan fingerprint density at radius 1 is 1.35 bits per heavy atom.